The normalized spacial score (nSPS) is 14.6. The Kier molecular flexibility index (Phi) is 5.35. The van der Waals surface area contributed by atoms with E-state index in [1.54, 1.807) is 23.1 Å². The second-order valence-corrected chi connectivity index (χ2v) is 4.90. The molecule has 7 heteroatoms. The number of esters is 2. The van der Waals surface area contributed by atoms with Crippen molar-refractivity contribution in [3.8, 4) is 0 Å². The van der Waals surface area contributed by atoms with Gasteiger partial charge in [0.05, 0.1) is 20.3 Å². The fourth-order valence-corrected chi connectivity index (χ4v) is 2.26. The second kappa shape index (κ2) is 7.44. The van der Waals surface area contributed by atoms with Crippen LogP contribution < -0.4 is 10.2 Å². The SMILES string of the molecule is COC(=O)/C=C(/Nc1cccc(N2CCCC2=O)c1)C(=O)OC. The summed E-state index contributed by atoms with van der Waals surface area (Å²) in [5, 5.41) is 2.82. The molecule has 1 N–H and O–H groups in total. The van der Waals surface area contributed by atoms with Gasteiger partial charge in [-0.25, -0.2) is 9.59 Å². The van der Waals surface area contributed by atoms with Crippen LogP contribution in [0.15, 0.2) is 36.0 Å². The molecule has 122 valence electrons. The summed E-state index contributed by atoms with van der Waals surface area (Å²) < 4.78 is 9.15. The van der Waals surface area contributed by atoms with E-state index >= 15 is 0 Å². The summed E-state index contributed by atoms with van der Waals surface area (Å²) in [5.41, 5.74) is 1.24. The number of hydrogen-bond donors (Lipinski definition) is 1. The van der Waals surface area contributed by atoms with E-state index in [9.17, 15) is 14.4 Å². The van der Waals surface area contributed by atoms with Crippen LogP contribution in [-0.4, -0.2) is 38.6 Å². The highest BCUT2D eigenvalue weighted by Gasteiger charge is 2.22. The quantitative estimate of drug-likeness (QED) is 0.653. The summed E-state index contributed by atoms with van der Waals surface area (Å²) in [6.07, 6.45) is 2.37. The van der Waals surface area contributed by atoms with Gasteiger partial charge in [0.25, 0.3) is 0 Å². The van der Waals surface area contributed by atoms with Gasteiger partial charge in [0.1, 0.15) is 5.70 Å². The predicted octanol–water partition coefficient (Wildman–Crippen LogP) is 1.46. The zero-order chi connectivity index (χ0) is 16.8. The van der Waals surface area contributed by atoms with Gasteiger partial charge in [-0.1, -0.05) is 6.07 Å². The first-order chi connectivity index (χ1) is 11.0. The lowest BCUT2D eigenvalue weighted by Crippen LogP contribution is -2.23. The van der Waals surface area contributed by atoms with Crippen LogP contribution in [0.25, 0.3) is 0 Å². The third-order valence-corrected chi connectivity index (χ3v) is 3.38. The lowest BCUT2D eigenvalue weighted by molar-refractivity contribution is -0.138. The van der Waals surface area contributed by atoms with Crippen LogP contribution in [0.2, 0.25) is 0 Å². The van der Waals surface area contributed by atoms with Crippen molar-refractivity contribution in [1.82, 2.24) is 0 Å². The highest BCUT2D eigenvalue weighted by molar-refractivity contribution is 5.99. The fraction of sp³-hybridized carbons (Fsp3) is 0.312. The monoisotopic (exact) mass is 318 g/mol. The van der Waals surface area contributed by atoms with E-state index < -0.39 is 11.9 Å². The molecule has 0 spiro atoms. The number of ether oxygens (including phenoxy) is 2. The van der Waals surface area contributed by atoms with E-state index in [1.165, 1.54) is 14.2 Å². The summed E-state index contributed by atoms with van der Waals surface area (Å²) >= 11 is 0. The molecule has 0 saturated carbocycles. The van der Waals surface area contributed by atoms with Crippen molar-refractivity contribution < 1.29 is 23.9 Å². The first-order valence-corrected chi connectivity index (χ1v) is 7.10. The summed E-state index contributed by atoms with van der Waals surface area (Å²) in [7, 11) is 2.43. The maximum atomic E-state index is 11.8. The number of nitrogens with zero attached hydrogens (tertiary/aromatic N) is 1. The number of amides is 1. The van der Waals surface area contributed by atoms with E-state index in [4.69, 9.17) is 0 Å². The number of anilines is 2. The molecular formula is C16H18N2O5. The maximum absolute atomic E-state index is 11.8. The van der Waals surface area contributed by atoms with Gasteiger partial charge in [0, 0.05) is 24.3 Å². The number of nitrogens with one attached hydrogen (secondary N) is 1. The molecule has 1 aliphatic heterocycles. The molecule has 1 aromatic carbocycles. The molecule has 0 atom stereocenters. The average Bonchev–Trinajstić information content (AvgIpc) is 2.99. The maximum Gasteiger partial charge on any atom is 0.354 e. The van der Waals surface area contributed by atoms with Gasteiger partial charge in [-0.05, 0) is 24.6 Å². The van der Waals surface area contributed by atoms with Gasteiger partial charge in [-0.2, -0.15) is 0 Å². The number of rotatable bonds is 5. The van der Waals surface area contributed by atoms with E-state index in [2.05, 4.69) is 14.8 Å². The smallest absolute Gasteiger partial charge is 0.354 e. The number of methoxy groups -OCH3 is 2. The zero-order valence-corrected chi connectivity index (χ0v) is 13.0. The minimum atomic E-state index is -0.696. The predicted molar refractivity (Wildman–Crippen MR) is 83.8 cm³/mol. The molecule has 7 nitrogen and oxygen atoms in total. The molecular weight excluding hydrogens is 300 g/mol. The van der Waals surface area contributed by atoms with Gasteiger partial charge in [-0.15, -0.1) is 0 Å². The Hall–Kier alpha value is -2.83. The summed E-state index contributed by atoms with van der Waals surface area (Å²) in [6.45, 7) is 0.671. The highest BCUT2D eigenvalue weighted by atomic mass is 16.5. The van der Waals surface area contributed by atoms with Crippen molar-refractivity contribution in [2.75, 3.05) is 31.0 Å². The van der Waals surface area contributed by atoms with Crippen LogP contribution in [0.1, 0.15) is 12.8 Å². The van der Waals surface area contributed by atoms with Gasteiger partial charge >= 0.3 is 11.9 Å². The minimum Gasteiger partial charge on any atom is -0.466 e. The molecule has 1 heterocycles. The highest BCUT2D eigenvalue weighted by Crippen LogP contribution is 2.25. The van der Waals surface area contributed by atoms with Crippen LogP contribution >= 0.6 is 0 Å². The Bertz CT molecular complexity index is 654. The Balaban J connectivity index is 2.23. The molecule has 0 aromatic heterocycles. The van der Waals surface area contributed by atoms with E-state index in [-0.39, 0.29) is 11.6 Å². The van der Waals surface area contributed by atoms with E-state index in [0.29, 0.717) is 18.7 Å². The largest absolute Gasteiger partial charge is 0.466 e. The van der Waals surface area contributed by atoms with Crippen LogP contribution in [0.5, 0.6) is 0 Å². The fourth-order valence-electron chi connectivity index (χ4n) is 2.26. The molecule has 1 saturated heterocycles. The van der Waals surface area contributed by atoms with Crippen molar-refractivity contribution in [2.24, 2.45) is 0 Å². The third kappa shape index (κ3) is 4.09. The Morgan fingerprint density at radius 1 is 1.26 bits per heavy atom. The summed E-state index contributed by atoms with van der Waals surface area (Å²) in [4.78, 5) is 36.6. The van der Waals surface area contributed by atoms with Crippen molar-refractivity contribution in [3.05, 3.63) is 36.0 Å². The molecule has 0 aliphatic carbocycles. The lowest BCUT2D eigenvalue weighted by atomic mass is 10.2. The number of carbonyl (C=O) groups excluding carboxylic acids is 3. The Morgan fingerprint density at radius 2 is 2.04 bits per heavy atom. The molecule has 1 amide bonds. The van der Waals surface area contributed by atoms with Crippen molar-refractivity contribution in [1.29, 1.82) is 0 Å². The van der Waals surface area contributed by atoms with E-state index in [1.807, 2.05) is 6.07 Å². The number of hydrogen-bond acceptors (Lipinski definition) is 6. The first-order valence-electron chi connectivity index (χ1n) is 7.10. The molecule has 1 aliphatic rings. The van der Waals surface area contributed by atoms with Gasteiger partial charge in [-0.3, -0.25) is 4.79 Å². The number of carbonyl (C=O) groups is 3. The Morgan fingerprint density at radius 3 is 2.65 bits per heavy atom. The van der Waals surface area contributed by atoms with Crippen LogP contribution in [0.4, 0.5) is 11.4 Å². The first kappa shape index (κ1) is 16.5. The van der Waals surface area contributed by atoms with Gasteiger partial charge < -0.3 is 19.7 Å². The van der Waals surface area contributed by atoms with Crippen molar-refractivity contribution in [2.45, 2.75) is 12.8 Å². The second-order valence-electron chi connectivity index (χ2n) is 4.90. The topological polar surface area (TPSA) is 84.9 Å². The lowest BCUT2D eigenvalue weighted by Gasteiger charge is -2.17. The minimum absolute atomic E-state index is 0.0516. The standard InChI is InChI=1S/C16H18N2O5/c1-22-15(20)10-13(16(21)23-2)17-11-5-3-6-12(9-11)18-8-4-7-14(18)19/h3,5-6,9-10,17H,4,7-8H2,1-2H3/b13-10+. The Labute approximate surface area is 133 Å². The van der Waals surface area contributed by atoms with E-state index in [0.717, 1.165) is 18.2 Å². The zero-order valence-electron chi connectivity index (χ0n) is 13.0. The molecule has 23 heavy (non-hydrogen) atoms. The molecule has 0 bridgehead atoms. The molecule has 0 unspecified atom stereocenters. The summed E-state index contributed by atoms with van der Waals surface area (Å²) in [6, 6.07) is 7.03. The third-order valence-electron chi connectivity index (χ3n) is 3.38. The molecule has 1 fully saturated rings. The number of benzene rings is 1. The van der Waals surface area contributed by atoms with Crippen LogP contribution in [-0.2, 0) is 23.9 Å². The molecule has 2 rings (SSSR count). The molecule has 1 aromatic rings. The van der Waals surface area contributed by atoms with Crippen molar-refractivity contribution >= 4 is 29.2 Å². The van der Waals surface area contributed by atoms with Crippen molar-refractivity contribution in [3.63, 3.8) is 0 Å². The van der Waals surface area contributed by atoms with Gasteiger partial charge in [0.15, 0.2) is 0 Å². The molecule has 0 radical (unpaired) electrons. The summed E-state index contributed by atoms with van der Waals surface area (Å²) in [5.74, 6) is -1.30. The van der Waals surface area contributed by atoms with Crippen LogP contribution in [0.3, 0.4) is 0 Å². The van der Waals surface area contributed by atoms with Crippen LogP contribution in [0, 0.1) is 0 Å². The average molecular weight is 318 g/mol. The van der Waals surface area contributed by atoms with Gasteiger partial charge in [0.2, 0.25) is 5.91 Å².